The predicted molar refractivity (Wildman–Crippen MR) is 97.1 cm³/mol. The van der Waals surface area contributed by atoms with Gasteiger partial charge in [-0.15, -0.1) is 0 Å². The summed E-state index contributed by atoms with van der Waals surface area (Å²) in [6, 6.07) is 5.64. The summed E-state index contributed by atoms with van der Waals surface area (Å²) in [4.78, 5) is 12.0. The van der Waals surface area contributed by atoms with E-state index in [4.69, 9.17) is 39.5 Å². The highest BCUT2D eigenvalue weighted by molar-refractivity contribution is 6.36. The molecule has 0 saturated carbocycles. The molecule has 138 valence electrons. The molecule has 2 aromatic carbocycles. The summed E-state index contributed by atoms with van der Waals surface area (Å²) in [6.07, 6.45) is -2.08. The minimum atomic E-state index is -4.55. The maximum atomic E-state index is 12.8. The number of methoxy groups -OCH3 is 1. The number of ether oxygens (including phenoxy) is 1. The average Bonchev–Trinajstić information content (AvgIpc) is 2.53. The number of nitrogens with one attached hydrogen (secondary N) is 1. The molecule has 0 aliphatic heterocycles. The molecule has 0 saturated heterocycles. The average molecular weight is 425 g/mol. The fourth-order valence-corrected chi connectivity index (χ4v) is 2.81. The van der Waals surface area contributed by atoms with Crippen molar-refractivity contribution in [3.8, 4) is 5.75 Å². The zero-order chi connectivity index (χ0) is 19.5. The third-order valence-corrected chi connectivity index (χ3v) is 4.04. The first-order valence-corrected chi connectivity index (χ1v) is 8.14. The highest BCUT2D eigenvalue weighted by atomic mass is 35.5. The first-order chi connectivity index (χ1) is 12.1. The fraction of sp³-hybridized carbons (Fsp3) is 0.118. The number of carbonyl (C=O) groups is 1. The van der Waals surface area contributed by atoms with E-state index in [-0.39, 0.29) is 15.7 Å². The normalized spacial score (nSPS) is 11.7. The summed E-state index contributed by atoms with van der Waals surface area (Å²) < 4.78 is 43.4. The third-order valence-electron chi connectivity index (χ3n) is 3.21. The Morgan fingerprint density at radius 1 is 1.12 bits per heavy atom. The maximum absolute atomic E-state index is 12.8. The molecule has 2 aromatic rings. The second-order valence-electron chi connectivity index (χ2n) is 5.03. The number of hydrogen-bond acceptors (Lipinski definition) is 2. The van der Waals surface area contributed by atoms with Crippen LogP contribution in [0, 0.1) is 0 Å². The minimum Gasteiger partial charge on any atom is -0.495 e. The molecule has 9 heteroatoms. The van der Waals surface area contributed by atoms with E-state index in [1.807, 2.05) is 0 Å². The van der Waals surface area contributed by atoms with Crippen LogP contribution in [0.25, 0.3) is 6.08 Å². The quantitative estimate of drug-likeness (QED) is 0.583. The van der Waals surface area contributed by atoms with Gasteiger partial charge < -0.3 is 10.1 Å². The Hall–Kier alpha value is -1.89. The Kier molecular flexibility index (Phi) is 6.44. The SMILES string of the molecule is COc1c(Cl)cc(Cl)cc1C=CC(=O)Nc1cc(C(F)(F)F)ccc1Cl. The van der Waals surface area contributed by atoms with Gasteiger partial charge in [0.2, 0.25) is 5.91 Å². The van der Waals surface area contributed by atoms with Crippen LogP contribution < -0.4 is 10.1 Å². The Balaban J connectivity index is 2.24. The molecule has 0 aliphatic carbocycles. The highest BCUT2D eigenvalue weighted by Crippen LogP contribution is 2.34. The van der Waals surface area contributed by atoms with Crippen LogP contribution in [0.3, 0.4) is 0 Å². The zero-order valence-electron chi connectivity index (χ0n) is 13.1. The van der Waals surface area contributed by atoms with Gasteiger partial charge in [0.05, 0.1) is 28.4 Å². The van der Waals surface area contributed by atoms with Gasteiger partial charge in [0, 0.05) is 16.7 Å². The largest absolute Gasteiger partial charge is 0.495 e. The molecular weight excluding hydrogens is 414 g/mol. The standard InChI is InChI=1S/C17H11Cl3F3NO2/c1-26-16-9(6-11(18)8-13(16)20)2-5-15(25)24-14-7-10(17(21,22)23)3-4-12(14)19/h2-8H,1H3,(H,24,25). The first kappa shape index (κ1) is 20.4. The Morgan fingerprint density at radius 2 is 1.81 bits per heavy atom. The van der Waals surface area contributed by atoms with Crippen molar-refractivity contribution < 1.29 is 22.7 Å². The zero-order valence-corrected chi connectivity index (χ0v) is 15.4. The van der Waals surface area contributed by atoms with Crippen molar-refractivity contribution in [2.24, 2.45) is 0 Å². The summed E-state index contributed by atoms with van der Waals surface area (Å²) in [7, 11) is 1.40. The molecule has 2 rings (SSSR count). The van der Waals surface area contributed by atoms with Crippen molar-refractivity contribution in [1.29, 1.82) is 0 Å². The van der Waals surface area contributed by atoms with Gasteiger partial charge in [-0.1, -0.05) is 34.8 Å². The van der Waals surface area contributed by atoms with Crippen LogP contribution in [-0.4, -0.2) is 13.0 Å². The number of anilines is 1. The number of rotatable bonds is 4. The van der Waals surface area contributed by atoms with Crippen LogP contribution in [0.15, 0.2) is 36.4 Å². The van der Waals surface area contributed by atoms with E-state index in [2.05, 4.69) is 5.32 Å². The molecule has 0 heterocycles. The van der Waals surface area contributed by atoms with Crippen molar-refractivity contribution in [2.45, 2.75) is 6.18 Å². The summed E-state index contributed by atoms with van der Waals surface area (Å²) in [6.45, 7) is 0. The van der Waals surface area contributed by atoms with Crippen LogP contribution in [-0.2, 0) is 11.0 Å². The van der Waals surface area contributed by atoms with Gasteiger partial charge in [0.15, 0.2) is 0 Å². The van der Waals surface area contributed by atoms with E-state index in [1.165, 1.54) is 25.3 Å². The lowest BCUT2D eigenvalue weighted by Gasteiger charge is -2.11. The number of carbonyl (C=O) groups excluding carboxylic acids is 1. The fourth-order valence-electron chi connectivity index (χ4n) is 2.06. The van der Waals surface area contributed by atoms with Gasteiger partial charge in [0.25, 0.3) is 0 Å². The molecule has 0 fully saturated rings. The molecular formula is C17H11Cl3F3NO2. The monoisotopic (exact) mass is 423 g/mol. The van der Waals surface area contributed by atoms with Gasteiger partial charge >= 0.3 is 6.18 Å². The van der Waals surface area contributed by atoms with Gasteiger partial charge in [-0.2, -0.15) is 13.2 Å². The summed E-state index contributed by atoms with van der Waals surface area (Å²) in [5.74, 6) is -0.387. The Bertz CT molecular complexity index is 867. The van der Waals surface area contributed by atoms with Crippen LogP contribution >= 0.6 is 34.8 Å². The van der Waals surface area contributed by atoms with Gasteiger partial charge in [-0.05, 0) is 36.4 Å². The topological polar surface area (TPSA) is 38.3 Å². The molecule has 0 aromatic heterocycles. The Labute approximate surface area is 162 Å². The Morgan fingerprint density at radius 3 is 2.42 bits per heavy atom. The third kappa shape index (κ3) is 5.06. The number of benzene rings is 2. The van der Waals surface area contributed by atoms with E-state index in [1.54, 1.807) is 0 Å². The van der Waals surface area contributed by atoms with Crippen LogP contribution in [0.1, 0.15) is 11.1 Å². The number of amides is 1. The second-order valence-corrected chi connectivity index (χ2v) is 6.28. The molecule has 1 amide bonds. The van der Waals surface area contributed by atoms with E-state index in [0.29, 0.717) is 16.3 Å². The van der Waals surface area contributed by atoms with Crippen molar-refractivity contribution in [3.05, 3.63) is 62.6 Å². The number of halogens is 6. The first-order valence-electron chi connectivity index (χ1n) is 7.00. The van der Waals surface area contributed by atoms with Crippen molar-refractivity contribution in [2.75, 3.05) is 12.4 Å². The van der Waals surface area contributed by atoms with Gasteiger partial charge in [0.1, 0.15) is 5.75 Å². The predicted octanol–water partition coefficient (Wildman–Crippen LogP) is 6.33. The van der Waals surface area contributed by atoms with Gasteiger partial charge in [-0.3, -0.25) is 4.79 Å². The second kappa shape index (κ2) is 8.20. The molecule has 3 nitrogen and oxygen atoms in total. The molecule has 0 spiro atoms. The molecule has 0 radical (unpaired) electrons. The number of alkyl halides is 3. The maximum Gasteiger partial charge on any atom is 0.416 e. The molecule has 0 atom stereocenters. The number of hydrogen-bond donors (Lipinski definition) is 1. The summed E-state index contributed by atoms with van der Waals surface area (Å²) in [5.41, 5.74) is -0.660. The van der Waals surface area contributed by atoms with Crippen molar-refractivity contribution in [3.63, 3.8) is 0 Å². The lowest BCUT2D eigenvalue weighted by molar-refractivity contribution is -0.137. The smallest absolute Gasteiger partial charge is 0.416 e. The molecule has 1 N–H and O–H groups in total. The molecule has 0 unspecified atom stereocenters. The van der Waals surface area contributed by atoms with Crippen LogP contribution in [0.2, 0.25) is 15.1 Å². The molecule has 0 aliphatic rings. The van der Waals surface area contributed by atoms with E-state index in [9.17, 15) is 18.0 Å². The lowest BCUT2D eigenvalue weighted by Crippen LogP contribution is -2.11. The van der Waals surface area contributed by atoms with Crippen LogP contribution in [0.5, 0.6) is 5.75 Å². The summed E-state index contributed by atoms with van der Waals surface area (Å²) in [5, 5.41) is 2.85. The summed E-state index contributed by atoms with van der Waals surface area (Å²) >= 11 is 17.7. The van der Waals surface area contributed by atoms with E-state index in [0.717, 1.165) is 24.3 Å². The van der Waals surface area contributed by atoms with Crippen molar-refractivity contribution >= 4 is 52.5 Å². The van der Waals surface area contributed by atoms with Crippen LogP contribution in [0.4, 0.5) is 18.9 Å². The highest BCUT2D eigenvalue weighted by Gasteiger charge is 2.31. The lowest BCUT2D eigenvalue weighted by atomic mass is 10.1. The molecule has 0 bridgehead atoms. The van der Waals surface area contributed by atoms with Gasteiger partial charge in [-0.25, -0.2) is 0 Å². The molecule has 26 heavy (non-hydrogen) atoms. The van der Waals surface area contributed by atoms with Crippen molar-refractivity contribution in [1.82, 2.24) is 0 Å². The van der Waals surface area contributed by atoms with E-state index >= 15 is 0 Å². The minimum absolute atomic E-state index is 0.0249. The van der Waals surface area contributed by atoms with E-state index < -0.39 is 17.6 Å².